The molecule has 0 aromatic rings. The summed E-state index contributed by atoms with van der Waals surface area (Å²) in [6.45, 7) is 0. The van der Waals surface area contributed by atoms with Crippen LogP contribution < -0.4 is 0 Å². The van der Waals surface area contributed by atoms with Crippen molar-refractivity contribution in [3.05, 3.63) is 0 Å². The minimum Gasteiger partial charge on any atom is -0.313 e. The van der Waals surface area contributed by atoms with Gasteiger partial charge in [0, 0.05) is 5.88 Å². The minimum absolute atomic E-state index is 0.762. The molecule has 0 aromatic heterocycles. The highest BCUT2D eigenvalue weighted by Gasteiger charge is 1.83. The van der Waals surface area contributed by atoms with Crippen LogP contribution in [-0.2, 0) is 0 Å². The Hall–Kier alpha value is -0.0400. The topological polar surface area (TPSA) is 23.9 Å². The Morgan fingerprint density at radius 3 is 2.50 bits per heavy atom. The lowest BCUT2D eigenvalue weighted by Crippen LogP contribution is -1.78. The highest BCUT2D eigenvalue weighted by atomic mass is 35.5. The Labute approximate surface area is 55.6 Å². The molecule has 0 rings (SSSR count). The Bertz CT molecular complexity index is 54.5. The molecule has 0 saturated heterocycles. The van der Waals surface area contributed by atoms with Crippen molar-refractivity contribution in [1.29, 1.82) is 5.41 Å². The van der Waals surface area contributed by atoms with E-state index >= 15 is 0 Å². The number of hydrogen-bond donors (Lipinski definition) is 1. The number of alkyl halides is 1. The number of hydrogen-bond acceptors (Lipinski definition) is 1. The summed E-state index contributed by atoms with van der Waals surface area (Å²) in [5.74, 6) is 0.762. The van der Waals surface area contributed by atoms with E-state index in [9.17, 15) is 0 Å². The molecule has 0 aliphatic carbocycles. The smallest absolute Gasteiger partial charge is 0.0223 e. The number of halogens is 1. The van der Waals surface area contributed by atoms with Crippen molar-refractivity contribution >= 4 is 17.8 Å². The minimum atomic E-state index is 0.762. The second kappa shape index (κ2) is 6.96. The van der Waals surface area contributed by atoms with Crippen LogP contribution in [0.4, 0.5) is 0 Å². The summed E-state index contributed by atoms with van der Waals surface area (Å²) < 4.78 is 0. The van der Waals surface area contributed by atoms with Gasteiger partial charge in [-0.2, -0.15) is 0 Å². The van der Waals surface area contributed by atoms with Crippen molar-refractivity contribution < 1.29 is 0 Å². The van der Waals surface area contributed by atoms with Gasteiger partial charge in [0.2, 0.25) is 0 Å². The van der Waals surface area contributed by atoms with Gasteiger partial charge in [0.15, 0.2) is 0 Å². The predicted octanol–water partition coefficient (Wildman–Crippen LogP) is 2.44. The first-order valence-corrected chi connectivity index (χ1v) is 3.50. The molecule has 0 spiro atoms. The maximum atomic E-state index is 6.68. The molecule has 0 fully saturated rings. The standard InChI is InChI=1S/C6H12ClN/c7-5-3-1-2-4-6-8/h6,8H,1-5H2. The van der Waals surface area contributed by atoms with Crippen LogP contribution in [0.5, 0.6) is 0 Å². The molecule has 0 atom stereocenters. The van der Waals surface area contributed by atoms with Gasteiger partial charge in [0.1, 0.15) is 0 Å². The molecule has 2 heteroatoms. The van der Waals surface area contributed by atoms with Crippen molar-refractivity contribution in [1.82, 2.24) is 0 Å². The van der Waals surface area contributed by atoms with Crippen molar-refractivity contribution in [2.24, 2.45) is 0 Å². The maximum absolute atomic E-state index is 6.68. The summed E-state index contributed by atoms with van der Waals surface area (Å²) in [7, 11) is 0. The van der Waals surface area contributed by atoms with E-state index in [2.05, 4.69) is 0 Å². The molecule has 0 radical (unpaired) electrons. The first-order valence-electron chi connectivity index (χ1n) is 2.96. The Kier molecular flexibility index (Phi) is 6.93. The molecule has 0 aliphatic heterocycles. The fourth-order valence-electron chi connectivity index (χ4n) is 0.518. The van der Waals surface area contributed by atoms with Gasteiger partial charge >= 0.3 is 0 Å². The molecule has 1 N–H and O–H groups in total. The number of rotatable bonds is 5. The average Bonchev–Trinajstić information content (AvgIpc) is 1.81. The van der Waals surface area contributed by atoms with Crippen LogP contribution in [0.15, 0.2) is 0 Å². The molecule has 0 saturated carbocycles. The van der Waals surface area contributed by atoms with Gasteiger partial charge in [-0.15, -0.1) is 11.6 Å². The van der Waals surface area contributed by atoms with Gasteiger partial charge in [0.25, 0.3) is 0 Å². The Morgan fingerprint density at radius 2 is 2.00 bits per heavy atom. The fraction of sp³-hybridized carbons (Fsp3) is 0.833. The summed E-state index contributed by atoms with van der Waals surface area (Å²) in [4.78, 5) is 0. The van der Waals surface area contributed by atoms with Crippen molar-refractivity contribution in [3.63, 3.8) is 0 Å². The summed E-state index contributed by atoms with van der Waals surface area (Å²) in [5, 5.41) is 6.68. The van der Waals surface area contributed by atoms with Crippen LogP contribution in [0.1, 0.15) is 25.7 Å². The van der Waals surface area contributed by atoms with Crippen molar-refractivity contribution in [2.45, 2.75) is 25.7 Å². The van der Waals surface area contributed by atoms with Crippen molar-refractivity contribution in [2.75, 3.05) is 5.88 Å². The largest absolute Gasteiger partial charge is 0.313 e. The van der Waals surface area contributed by atoms with Gasteiger partial charge in [-0.25, -0.2) is 0 Å². The Balaban J connectivity index is 2.62. The average molecular weight is 134 g/mol. The third-order valence-electron chi connectivity index (χ3n) is 0.982. The van der Waals surface area contributed by atoms with Crippen LogP contribution in [0.2, 0.25) is 0 Å². The number of nitrogens with one attached hydrogen (secondary N) is 1. The lowest BCUT2D eigenvalue weighted by molar-refractivity contribution is 0.749. The van der Waals surface area contributed by atoms with Gasteiger partial charge in [0.05, 0.1) is 0 Å². The van der Waals surface area contributed by atoms with Crippen LogP contribution in [0, 0.1) is 5.41 Å². The summed E-state index contributed by atoms with van der Waals surface area (Å²) in [6.07, 6.45) is 5.75. The van der Waals surface area contributed by atoms with Gasteiger partial charge in [-0.3, -0.25) is 0 Å². The third-order valence-corrected chi connectivity index (χ3v) is 1.25. The van der Waals surface area contributed by atoms with E-state index in [1.807, 2.05) is 0 Å². The van der Waals surface area contributed by atoms with Gasteiger partial charge in [-0.05, 0) is 25.5 Å². The van der Waals surface area contributed by atoms with Crippen LogP contribution in [0.3, 0.4) is 0 Å². The zero-order chi connectivity index (χ0) is 6.24. The SMILES string of the molecule is N=CCCCCCCl. The zero-order valence-corrected chi connectivity index (χ0v) is 5.75. The maximum Gasteiger partial charge on any atom is 0.0223 e. The molecule has 0 aliphatic rings. The van der Waals surface area contributed by atoms with Crippen LogP contribution >= 0.6 is 11.6 Å². The predicted molar refractivity (Wildman–Crippen MR) is 38.0 cm³/mol. The third kappa shape index (κ3) is 5.96. The van der Waals surface area contributed by atoms with E-state index in [4.69, 9.17) is 17.0 Å². The molecule has 0 aromatic carbocycles. The molecule has 0 bridgehead atoms. The summed E-state index contributed by atoms with van der Waals surface area (Å²) >= 11 is 5.42. The molecule has 0 unspecified atom stereocenters. The molecule has 0 heterocycles. The summed E-state index contributed by atoms with van der Waals surface area (Å²) in [5.41, 5.74) is 0. The van der Waals surface area contributed by atoms with Crippen LogP contribution in [-0.4, -0.2) is 12.1 Å². The molecule has 8 heavy (non-hydrogen) atoms. The molecule has 1 nitrogen and oxygen atoms in total. The van der Waals surface area contributed by atoms with E-state index in [0.717, 1.165) is 25.1 Å². The Morgan fingerprint density at radius 1 is 1.25 bits per heavy atom. The van der Waals surface area contributed by atoms with Crippen LogP contribution in [0.25, 0.3) is 0 Å². The van der Waals surface area contributed by atoms with Crippen molar-refractivity contribution in [3.8, 4) is 0 Å². The van der Waals surface area contributed by atoms with E-state index in [0.29, 0.717) is 0 Å². The van der Waals surface area contributed by atoms with E-state index < -0.39 is 0 Å². The first-order chi connectivity index (χ1) is 3.91. The quantitative estimate of drug-likeness (QED) is 0.339. The highest BCUT2D eigenvalue weighted by molar-refractivity contribution is 6.17. The second-order valence-corrected chi connectivity index (χ2v) is 2.12. The highest BCUT2D eigenvalue weighted by Crippen LogP contribution is 1.98. The van der Waals surface area contributed by atoms with E-state index in [1.54, 1.807) is 0 Å². The van der Waals surface area contributed by atoms with E-state index in [1.165, 1.54) is 12.6 Å². The molecule has 0 amide bonds. The molecular weight excluding hydrogens is 122 g/mol. The van der Waals surface area contributed by atoms with Gasteiger partial charge in [-0.1, -0.05) is 6.42 Å². The van der Waals surface area contributed by atoms with Gasteiger partial charge < -0.3 is 5.41 Å². The second-order valence-electron chi connectivity index (χ2n) is 1.74. The zero-order valence-electron chi connectivity index (χ0n) is 4.99. The molecular formula is C6H12ClN. The number of unbranched alkanes of at least 4 members (excludes halogenated alkanes) is 3. The fourth-order valence-corrected chi connectivity index (χ4v) is 0.707. The van der Waals surface area contributed by atoms with E-state index in [-0.39, 0.29) is 0 Å². The lowest BCUT2D eigenvalue weighted by atomic mass is 10.2. The monoisotopic (exact) mass is 133 g/mol. The lowest BCUT2D eigenvalue weighted by Gasteiger charge is -1.90. The molecule has 48 valence electrons. The summed E-state index contributed by atoms with van der Waals surface area (Å²) in [6, 6.07) is 0. The first kappa shape index (κ1) is 7.96. The normalized spacial score (nSPS) is 9.12.